The number of rotatable bonds is 9. The Morgan fingerprint density at radius 2 is 1.90 bits per heavy atom. The normalized spacial score (nSPS) is 16.9. The summed E-state index contributed by atoms with van der Waals surface area (Å²) in [5.74, 6) is -0.281. The maximum absolute atomic E-state index is 12.8. The van der Waals surface area contributed by atoms with Crippen molar-refractivity contribution in [3.05, 3.63) is 24.3 Å². The molecular formula is C20H31N3O6S. The second-order valence-electron chi connectivity index (χ2n) is 8.21. The molecule has 1 saturated heterocycles. The number of hydrogen-bond donors (Lipinski definition) is 2. The number of carbonyl (C=O) groups is 2. The molecule has 2 rings (SSSR count). The molecule has 1 aromatic rings. The predicted octanol–water partition coefficient (Wildman–Crippen LogP) is 0.896. The molecule has 30 heavy (non-hydrogen) atoms. The fourth-order valence-electron chi connectivity index (χ4n) is 3.03. The highest BCUT2D eigenvalue weighted by Crippen LogP contribution is 2.16. The molecule has 0 radical (unpaired) electrons. The van der Waals surface area contributed by atoms with Gasteiger partial charge in [-0.25, -0.2) is 13.1 Å². The highest BCUT2D eigenvalue weighted by atomic mass is 32.2. The van der Waals surface area contributed by atoms with E-state index in [9.17, 15) is 18.0 Å². The molecule has 1 atom stereocenters. The average Bonchev–Trinajstić information content (AvgIpc) is 3.17. The Morgan fingerprint density at radius 3 is 2.43 bits per heavy atom. The Morgan fingerprint density at radius 1 is 1.23 bits per heavy atom. The van der Waals surface area contributed by atoms with Gasteiger partial charge in [0.1, 0.15) is 5.75 Å². The lowest BCUT2D eigenvalue weighted by Gasteiger charge is -2.27. The maximum Gasteiger partial charge on any atom is 0.241 e. The third kappa shape index (κ3) is 7.58. The van der Waals surface area contributed by atoms with E-state index in [2.05, 4.69) is 10.0 Å². The highest BCUT2D eigenvalue weighted by Gasteiger charge is 2.26. The lowest BCUT2D eigenvalue weighted by Crippen LogP contribution is -2.50. The van der Waals surface area contributed by atoms with Crippen LogP contribution in [-0.2, 0) is 24.3 Å². The Bertz CT molecular complexity index is 827. The molecule has 1 heterocycles. The van der Waals surface area contributed by atoms with Gasteiger partial charge in [-0.05, 0) is 57.9 Å². The third-order valence-electron chi connectivity index (χ3n) is 4.43. The van der Waals surface area contributed by atoms with E-state index < -0.39 is 28.0 Å². The number of methoxy groups -OCH3 is 1. The van der Waals surface area contributed by atoms with Gasteiger partial charge in [-0.15, -0.1) is 0 Å². The molecule has 0 bridgehead atoms. The van der Waals surface area contributed by atoms with Crippen LogP contribution in [0.15, 0.2) is 29.2 Å². The Labute approximate surface area is 178 Å². The minimum atomic E-state index is -3.88. The van der Waals surface area contributed by atoms with E-state index in [-0.39, 0.29) is 30.0 Å². The van der Waals surface area contributed by atoms with Crippen LogP contribution in [-0.4, -0.2) is 70.1 Å². The summed E-state index contributed by atoms with van der Waals surface area (Å²) in [5.41, 5.74) is -0.439. The quantitative estimate of drug-likeness (QED) is 0.588. The van der Waals surface area contributed by atoms with Gasteiger partial charge in [0, 0.05) is 18.7 Å². The molecule has 0 aromatic heterocycles. The summed E-state index contributed by atoms with van der Waals surface area (Å²) in [4.78, 5) is 26.4. The lowest BCUT2D eigenvalue weighted by atomic mass is 10.1. The zero-order chi connectivity index (χ0) is 22.4. The van der Waals surface area contributed by atoms with Gasteiger partial charge in [-0.1, -0.05) is 0 Å². The van der Waals surface area contributed by atoms with Crippen LogP contribution in [0.2, 0.25) is 0 Å². The first-order chi connectivity index (χ1) is 14.0. The van der Waals surface area contributed by atoms with Gasteiger partial charge in [0.05, 0.1) is 31.2 Å². The summed E-state index contributed by atoms with van der Waals surface area (Å²) in [5, 5.41) is 2.81. The van der Waals surface area contributed by atoms with Crippen LogP contribution in [0.5, 0.6) is 5.75 Å². The van der Waals surface area contributed by atoms with Gasteiger partial charge < -0.3 is 19.7 Å². The van der Waals surface area contributed by atoms with Crippen LogP contribution in [0.4, 0.5) is 0 Å². The first kappa shape index (κ1) is 24.1. The fraction of sp³-hybridized carbons (Fsp3) is 0.600. The van der Waals surface area contributed by atoms with Crippen LogP contribution in [0, 0.1) is 0 Å². The number of benzene rings is 1. The number of sulfonamides is 1. The number of ether oxygens (including phenoxy) is 2. The van der Waals surface area contributed by atoms with Gasteiger partial charge in [-0.3, -0.25) is 9.59 Å². The Balaban J connectivity index is 2.03. The molecule has 168 valence electrons. The highest BCUT2D eigenvalue weighted by molar-refractivity contribution is 7.89. The van der Waals surface area contributed by atoms with Crippen molar-refractivity contribution < 1.29 is 27.5 Å². The standard InChI is InChI=1S/C20H31N3O6S/c1-20(2,3)22-18(24)14-23(13-16-6-5-11-29-16)19(25)12-21-30(26,27)17-9-7-15(28-4)8-10-17/h7-10,16,21H,5-6,11-14H2,1-4H3,(H,22,24). The molecule has 1 unspecified atom stereocenters. The monoisotopic (exact) mass is 441 g/mol. The van der Waals surface area contributed by atoms with Crippen molar-refractivity contribution in [2.24, 2.45) is 0 Å². The van der Waals surface area contributed by atoms with E-state index in [1.165, 1.54) is 36.3 Å². The van der Waals surface area contributed by atoms with Gasteiger partial charge in [0.2, 0.25) is 21.8 Å². The second kappa shape index (κ2) is 10.2. The zero-order valence-corrected chi connectivity index (χ0v) is 18.8. The molecule has 0 spiro atoms. The SMILES string of the molecule is COc1ccc(S(=O)(=O)NCC(=O)N(CC(=O)NC(C)(C)C)CC2CCCO2)cc1. The maximum atomic E-state index is 12.8. The van der Waals surface area contributed by atoms with Crippen LogP contribution in [0.1, 0.15) is 33.6 Å². The molecule has 2 N–H and O–H groups in total. The molecule has 2 amide bonds. The molecule has 0 saturated carbocycles. The van der Waals surface area contributed by atoms with Crippen molar-refractivity contribution in [3.8, 4) is 5.75 Å². The topological polar surface area (TPSA) is 114 Å². The minimum absolute atomic E-state index is 0.0206. The fourth-order valence-corrected chi connectivity index (χ4v) is 4.00. The Hall–Kier alpha value is -2.17. The van der Waals surface area contributed by atoms with Gasteiger partial charge >= 0.3 is 0 Å². The van der Waals surface area contributed by atoms with Crippen molar-refractivity contribution in [2.45, 2.75) is 50.2 Å². The number of carbonyl (C=O) groups excluding carboxylic acids is 2. The average molecular weight is 442 g/mol. The molecular weight excluding hydrogens is 410 g/mol. The first-order valence-corrected chi connectivity index (χ1v) is 11.3. The number of amides is 2. The summed E-state index contributed by atoms with van der Waals surface area (Å²) >= 11 is 0. The number of nitrogens with zero attached hydrogens (tertiary/aromatic N) is 1. The van der Waals surface area contributed by atoms with Gasteiger partial charge in [0.15, 0.2) is 0 Å². The van der Waals surface area contributed by atoms with Crippen LogP contribution < -0.4 is 14.8 Å². The van der Waals surface area contributed by atoms with Crippen LogP contribution in [0.25, 0.3) is 0 Å². The summed E-state index contributed by atoms with van der Waals surface area (Å²) in [7, 11) is -2.40. The molecule has 1 aromatic carbocycles. The van der Waals surface area contributed by atoms with Crippen LogP contribution in [0.3, 0.4) is 0 Å². The van der Waals surface area contributed by atoms with Crippen LogP contribution >= 0.6 is 0 Å². The third-order valence-corrected chi connectivity index (χ3v) is 5.85. The summed E-state index contributed by atoms with van der Waals surface area (Å²) < 4.78 is 37.9. The van der Waals surface area contributed by atoms with E-state index in [0.717, 1.165) is 12.8 Å². The molecule has 10 heteroatoms. The first-order valence-electron chi connectivity index (χ1n) is 9.84. The van der Waals surface area contributed by atoms with Crippen molar-refractivity contribution in [3.63, 3.8) is 0 Å². The van der Waals surface area contributed by atoms with E-state index in [4.69, 9.17) is 9.47 Å². The van der Waals surface area contributed by atoms with Gasteiger partial charge in [0.25, 0.3) is 0 Å². The summed E-state index contributed by atoms with van der Waals surface area (Å²) in [6.07, 6.45) is 1.53. The largest absolute Gasteiger partial charge is 0.497 e. The zero-order valence-electron chi connectivity index (χ0n) is 17.9. The van der Waals surface area contributed by atoms with Crippen molar-refractivity contribution >= 4 is 21.8 Å². The van der Waals surface area contributed by atoms with E-state index >= 15 is 0 Å². The van der Waals surface area contributed by atoms with E-state index in [1.807, 2.05) is 20.8 Å². The molecule has 9 nitrogen and oxygen atoms in total. The van der Waals surface area contributed by atoms with Crippen molar-refractivity contribution in [1.82, 2.24) is 14.9 Å². The van der Waals surface area contributed by atoms with E-state index in [1.54, 1.807) is 0 Å². The lowest BCUT2D eigenvalue weighted by molar-refractivity contribution is -0.137. The minimum Gasteiger partial charge on any atom is -0.497 e. The molecule has 1 aliphatic heterocycles. The summed E-state index contributed by atoms with van der Waals surface area (Å²) in [6, 6.07) is 5.84. The second-order valence-corrected chi connectivity index (χ2v) is 9.97. The number of nitrogens with one attached hydrogen (secondary N) is 2. The van der Waals surface area contributed by atoms with Gasteiger partial charge in [-0.2, -0.15) is 0 Å². The van der Waals surface area contributed by atoms with Crippen molar-refractivity contribution in [1.29, 1.82) is 0 Å². The predicted molar refractivity (Wildman–Crippen MR) is 112 cm³/mol. The summed E-state index contributed by atoms with van der Waals surface area (Å²) in [6.45, 7) is 5.77. The van der Waals surface area contributed by atoms with Crippen molar-refractivity contribution in [2.75, 3.05) is 33.4 Å². The molecule has 1 fully saturated rings. The molecule has 0 aliphatic carbocycles. The Kier molecular flexibility index (Phi) is 8.22. The molecule has 1 aliphatic rings. The smallest absolute Gasteiger partial charge is 0.241 e. The van der Waals surface area contributed by atoms with E-state index in [0.29, 0.717) is 12.4 Å². The number of hydrogen-bond acceptors (Lipinski definition) is 6.